The van der Waals surface area contributed by atoms with Gasteiger partial charge in [0.25, 0.3) is 0 Å². The largest absolute Gasteiger partial charge is 0.368 e. The van der Waals surface area contributed by atoms with E-state index in [1.54, 1.807) is 14.0 Å². The third kappa shape index (κ3) is 2.13. The van der Waals surface area contributed by atoms with Crippen LogP contribution in [0.4, 0.5) is 0 Å². The van der Waals surface area contributed by atoms with Gasteiger partial charge in [-0.3, -0.25) is 4.79 Å². The lowest BCUT2D eigenvalue weighted by Crippen LogP contribution is -2.60. The molecule has 17 heavy (non-hydrogen) atoms. The summed E-state index contributed by atoms with van der Waals surface area (Å²) >= 11 is 0. The molecule has 3 heteroatoms. The number of Topliss-reactive ketones (excluding diaryl/α,β-unsaturated/α-hetero) is 1. The SMILES string of the molecule is CO[C@@]1(C)C(=O)C[C@@H]1O[C@@H](C)c1ccccc1. The number of benzene rings is 1. The molecule has 1 aromatic carbocycles. The Kier molecular flexibility index (Phi) is 3.31. The highest BCUT2D eigenvalue weighted by atomic mass is 16.6. The normalized spacial score (nSPS) is 29.8. The van der Waals surface area contributed by atoms with Gasteiger partial charge in [0.15, 0.2) is 5.78 Å². The minimum atomic E-state index is -0.761. The third-order valence-electron chi connectivity index (χ3n) is 3.60. The van der Waals surface area contributed by atoms with Gasteiger partial charge in [0.1, 0.15) is 11.7 Å². The first-order valence-corrected chi connectivity index (χ1v) is 5.87. The summed E-state index contributed by atoms with van der Waals surface area (Å²) < 4.78 is 11.2. The Morgan fingerprint density at radius 3 is 2.53 bits per heavy atom. The molecule has 1 aliphatic rings. The van der Waals surface area contributed by atoms with E-state index in [1.807, 2.05) is 37.3 Å². The average Bonchev–Trinajstić information content (AvgIpc) is 2.38. The molecule has 3 atom stereocenters. The molecule has 92 valence electrons. The molecule has 0 bridgehead atoms. The van der Waals surface area contributed by atoms with Gasteiger partial charge in [0.05, 0.1) is 6.10 Å². The molecule has 0 radical (unpaired) electrons. The van der Waals surface area contributed by atoms with Crippen molar-refractivity contribution in [3.63, 3.8) is 0 Å². The number of carbonyl (C=O) groups excluding carboxylic acids is 1. The summed E-state index contributed by atoms with van der Waals surface area (Å²) in [5.41, 5.74) is 0.355. The molecule has 0 aliphatic heterocycles. The molecule has 0 spiro atoms. The van der Waals surface area contributed by atoms with Crippen LogP contribution in [-0.4, -0.2) is 24.6 Å². The zero-order valence-corrected chi connectivity index (χ0v) is 10.5. The zero-order valence-electron chi connectivity index (χ0n) is 10.5. The Morgan fingerprint density at radius 1 is 1.35 bits per heavy atom. The van der Waals surface area contributed by atoms with Gasteiger partial charge in [0.2, 0.25) is 0 Å². The summed E-state index contributed by atoms with van der Waals surface area (Å²) in [7, 11) is 1.56. The van der Waals surface area contributed by atoms with E-state index in [9.17, 15) is 4.79 Å². The number of ether oxygens (including phenoxy) is 2. The number of hydrogen-bond donors (Lipinski definition) is 0. The van der Waals surface area contributed by atoms with Crippen molar-refractivity contribution in [3.05, 3.63) is 35.9 Å². The third-order valence-corrected chi connectivity index (χ3v) is 3.60. The summed E-state index contributed by atoms with van der Waals surface area (Å²) in [6.45, 7) is 3.79. The van der Waals surface area contributed by atoms with E-state index < -0.39 is 5.60 Å². The second-order valence-corrected chi connectivity index (χ2v) is 4.62. The molecule has 2 rings (SSSR count). The van der Waals surface area contributed by atoms with Crippen molar-refractivity contribution >= 4 is 5.78 Å². The quantitative estimate of drug-likeness (QED) is 0.803. The van der Waals surface area contributed by atoms with Gasteiger partial charge < -0.3 is 9.47 Å². The fourth-order valence-corrected chi connectivity index (χ4v) is 2.09. The average molecular weight is 234 g/mol. The molecule has 0 N–H and O–H groups in total. The molecule has 1 saturated carbocycles. The first kappa shape index (κ1) is 12.3. The van der Waals surface area contributed by atoms with Crippen molar-refractivity contribution in [2.75, 3.05) is 7.11 Å². The smallest absolute Gasteiger partial charge is 0.169 e. The number of methoxy groups -OCH3 is 1. The molecule has 3 nitrogen and oxygen atoms in total. The lowest BCUT2D eigenvalue weighted by Gasteiger charge is -2.44. The van der Waals surface area contributed by atoms with Gasteiger partial charge in [-0.15, -0.1) is 0 Å². The zero-order chi connectivity index (χ0) is 12.5. The first-order chi connectivity index (χ1) is 8.08. The van der Waals surface area contributed by atoms with E-state index in [-0.39, 0.29) is 18.0 Å². The highest BCUT2D eigenvalue weighted by Crippen LogP contribution is 2.37. The monoisotopic (exact) mass is 234 g/mol. The summed E-state index contributed by atoms with van der Waals surface area (Å²) in [5.74, 6) is 0.116. The van der Waals surface area contributed by atoms with Crippen molar-refractivity contribution in [3.8, 4) is 0 Å². The van der Waals surface area contributed by atoms with Crippen molar-refractivity contribution in [2.24, 2.45) is 0 Å². The van der Waals surface area contributed by atoms with E-state index in [1.165, 1.54) is 0 Å². The lowest BCUT2D eigenvalue weighted by molar-refractivity contribution is -0.197. The molecule has 0 amide bonds. The number of ketones is 1. The van der Waals surface area contributed by atoms with Gasteiger partial charge in [-0.2, -0.15) is 0 Å². The summed E-state index contributed by atoms with van der Waals surface area (Å²) in [4.78, 5) is 11.5. The highest BCUT2D eigenvalue weighted by molar-refractivity contribution is 5.94. The molecular weight excluding hydrogens is 216 g/mol. The molecule has 1 aliphatic carbocycles. The van der Waals surface area contributed by atoms with E-state index in [0.29, 0.717) is 6.42 Å². The number of rotatable bonds is 4. The summed E-state index contributed by atoms with van der Waals surface area (Å²) in [6, 6.07) is 9.99. The second kappa shape index (κ2) is 4.59. The van der Waals surface area contributed by atoms with Gasteiger partial charge in [-0.05, 0) is 19.4 Å². The maximum atomic E-state index is 11.5. The topological polar surface area (TPSA) is 35.5 Å². The fraction of sp³-hybridized carbons (Fsp3) is 0.500. The molecule has 0 unspecified atom stereocenters. The fourth-order valence-electron chi connectivity index (χ4n) is 2.09. The first-order valence-electron chi connectivity index (χ1n) is 5.87. The maximum absolute atomic E-state index is 11.5. The van der Waals surface area contributed by atoms with Crippen molar-refractivity contribution < 1.29 is 14.3 Å². The Morgan fingerprint density at radius 2 is 2.00 bits per heavy atom. The van der Waals surface area contributed by atoms with Crippen LogP contribution in [0, 0.1) is 0 Å². The second-order valence-electron chi connectivity index (χ2n) is 4.62. The summed E-state index contributed by atoms with van der Waals surface area (Å²) in [5, 5.41) is 0. The summed E-state index contributed by atoms with van der Waals surface area (Å²) in [6.07, 6.45) is 0.278. The Labute approximate surface area is 102 Å². The van der Waals surface area contributed by atoms with Crippen molar-refractivity contribution in [2.45, 2.75) is 38.1 Å². The predicted octanol–water partition coefficient (Wildman–Crippen LogP) is 2.51. The Bertz CT molecular complexity index is 401. The Balaban J connectivity index is 2.01. The van der Waals surface area contributed by atoms with E-state index >= 15 is 0 Å². The van der Waals surface area contributed by atoms with E-state index in [4.69, 9.17) is 9.47 Å². The van der Waals surface area contributed by atoms with Crippen LogP contribution in [0.2, 0.25) is 0 Å². The van der Waals surface area contributed by atoms with Crippen molar-refractivity contribution in [1.29, 1.82) is 0 Å². The molecule has 1 fully saturated rings. The van der Waals surface area contributed by atoms with Gasteiger partial charge in [-0.25, -0.2) is 0 Å². The van der Waals surface area contributed by atoms with E-state index in [2.05, 4.69) is 0 Å². The molecule has 0 saturated heterocycles. The molecule has 1 aromatic rings. The minimum Gasteiger partial charge on any atom is -0.368 e. The highest BCUT2D eigenvalue weighted by Gasteiger charge is 2.53. The van der Waals surface area contributed by atoms with Crippen molar-refractivity contribution in [1.82, 2.24) is 0 Å². The van der Waals surface area contributed by atoms with Crippen LogP contribution in [0.1, 0.15) is 31.9 Å². The lowest BCUT2D eigenvalue weighted by atomic mass is 9.76. The van der Waals surface area contributed by atoms with E-state index in [0.717, 1.165) is 5.56 Å². The van der Waals surface area contributed by atoms with Crippen LogP contribution in [0.3, 0.4) is 0 Å². The van der Waals surface area contributed by atoms with Crippen LogP contribution in [-0.2, 0) is 14.3 Å². The minimum absolute atomic E-state index is 0.0243. The van der Waals surface area contributed by atoms with Crippen LogP contribution >= 0.6 is 0 Å². The van der Waals surface area contributed by atoms with Crippen LogP contribution < -0.4 is 0 Å². The van der Waals surface area contributed by atoms with Gasteiger partial charge in [-0.1, -0.05) is 30.3 Å². The van der Waals surface area contributed by atoms with Gasteiger partial charge in [0, 0.05) is 13.5 Å². The molecule has 0 aromatic heterocycles. The molecular formula is C14H18O3. The maximum Gasteiger partial charge on any atom is 0.169 e. The van der Waals surface area contributed by atoms with Crippen LogP contribution in [0.25, 0.3) is 0 Å². The standard InChI is InChI=1S/C14H18O3/c1-10(11-7-5-4-6-8-11)17-13-9-12(15)14(13,2)16-3/h4-8,10,13H,9H2,1-3H3/t10-,13-,14-/m0/s1. The van der Waals surface area contributed by atoms with Gasteiger partial charge >= 0.3 is 0 Å². The number of carbonyl (C=O) groups is 1. The molecule has 0 heterocycles. The predicted molar refractivity (Wildman–Crippen MR) is 64.8 cm³/mol. The Hall–Kier alpha value is -1.19. The number of hydrogen-bond acceptors (Lipinski definition) is 3. The van der Waals surface area contributed by atoms with Crippen LogP contribution in [0.15, 0.2) is 30.3 Å². The van der Waals surface area contributed by atoms with Crippen LogP contribution in [0.5, 0.6) is 0 Å².